The van der Waals surface area contributed by atoms with Gasteiger partial charge in [-0.1, -0.05) is 18.2 Å². The number of benzene rings is 2. The topological polar surface area (TPSA) is 53.8 Å². The number of rotatable bonds is 4. The molecule has 3 rings (SSSR count). The molecule has 0 aliphatic heterocycles. The van der Waals surface area contributed by atoms with Gasteiger partial charge in [0.2, 0.25) is 0 Å². The standard InChI is InChI=1S/C17H14F3N3OS/c18-17(19,20)12-2-1-3-13(10-12)23-15(21-22-16(23)25)9-6-11-4-7-14(24)8-5-11/h1-5,7-8,10,24H,6,9H2,(H,22,25). The Labute approximate surface area is 146 Å². The highest BCUT2D eigenvalue weighted by Crippen LogP contribution is 2.30. The van der Waals surface area contributed by atoms with Gasteiger partial charge in [-0.15, -0.1) is 0 Å². The molecule has 0 radical (unpaired) electrons. The first kappa shape index (κ1) is 17.2. The largest absolute Gasteiger partial charge is 0.508 e. The molecule has 3 aromatic rings. The lowest BCUT2D eigenvalue weighted by Gasteiger charge is -2.11. The first-order valence-corrected chi connectivity index (χ1v) is 7.87. The van der Waals surface area contributed by atoms with E-state index in [1.54, 1.807) is 30.3 Å². The van der Waals surface area contributed by atoms with E-state index >= 15 is 0 Å². The average molecular weight is 365 g/mol. The van der Waals surface area contributed by atoms with Crippen molar-refractivity contribution in [2.24, 2.45) is 0 Å². The van der Waals surface area contributed by atoms with Gasteiger partial charge in [0.05, 0.1) is 11.3 Å². The fourth-order valence-electron chi connectivity index (χ4n) is 2.50. The number of aromatic hydroxyl groups is 1. The van der Waals surface area contributed by atoms with Crippen LogP contribution in [0, 0.1) is 4.77 Å². The fourth-order valence-corrected chi connectivity index (χ4v) is 2.76. The summed E-state index contributed by atoms with van der Waals surface area (Å²) in [5, 5.41) is 16.1. The highest BCUT2D eigenvalue weighted by Gasteiger charge is 2.30. The van der Waals surface area contributed by atoms with E-state index in [4.69, 9.17) is 12.2 Å². The molecule has 1 aromatic heterocycles. The lowest BCUT2D eigenvalue weighted by Crippen LogP contribution is -2.08. The van der Waals surface area contributed by atoms with Gasteiger partial charge in [0.1, 0.15) is 11.6 Å². The fraction of sp³-hybridized carbons (Fsp3) is 0.176. The maximum absolute atomic E-state index is 12.9. The summed E-state index contributed by atoms with van der Waals surface area (Å²) in [6, 6.07) is 11.7. The van der Waals surface area contributed by atoms with E-state index in [1.165, 1.54) is 10.6 Å². The third-order valence-corrected chi connectivity index (χ3v) is 4.02. The van der Waals surface area contributed by atoms with Crippen LogP contribution in [0.4, 0.5) is 13.2 Å². The number of halogens is 3. The van der Waals surface area contributed by atoms with Crippen LogP contribution in [0.5, 0.6) is 5.75 Å². The number of hydrogen-bond donors (Lipinski definition) is 2. The molecular weight excluding hydrogens is 351 g/mol. The molecule has 0 saturated carbocycles. The van der Waals surface area contributed by atoms with Crippen LogP contribution in [-0.2, 0) is 19.0 Å². The predicted octanol–water partition coefficient (Wildman–Crippen LogP) is 4.44. The summed E-state index contributed by atoms with van der Waals surface area (Å²) in [4.78, 5) is 0. The van der Waals surface area contributed by atoms with Crippen molar-refractivity contribution < 1.29 is 18.3 Å². The van der Waals surface area contributed by atoms with Crippen LogP contribution >= 0.6 is 12.2 Å². The van der Waals surface area contributed by atoms with E-state index in [0.717, 1.165) is 17.7 Å². The summed E-state index contributed by atoms with van der Waals surface area (Å²) in [6.07, 6.45) is -3.33. The number of hydrogen-bond acceptors (Lipinski definition) is 3. The predicted molar refractivity (Wildman–Crippen MR) is 89.3 cm³/mol. The van der Waals surface area contributed by atoms with Gasteiger partial charge in [-0.05, 0) is 54.5 Å². The van der Waals surface area contributed by atoms with Crippen molar-refractivity contribution in [3.63, 3.8) is 0 Å². The Morgan fingerprint density at radius 1 is 1.08 bits per heavy atom. The zero-order chi connectivity index (χ0) is 18.0. The zero-order valence-electron chi connectivity index (χ0n) is 12.9. The molecule has 0 bridgehead atoms. The summed E-state index contributed by atoms with van der Waals surface area (Å²) in [5.41, 5.74) is 0.550. The number of phenolic OH excluding ortho intramolecular Hbond substituents is 1. The number of nitrogens with zero attached hydrogens (tertiary/aromatic N) is 2. The lowest BCUT2D eigenvalue weighted by atomic mass is 10.1. The van der Waals surface area contributed by atoms with E-state index in [-0.39, 0.29) is 10.5 Å². The Bertz CT molecular complexity index is 929. The molecule has 2 aromatic carbocycles. The second kappa shape index (κ2) is 6.72. The highest BCUT2D eigenvalue weighted by molar-refractivity contribution is 7.71. The Morgan fingerprint density at radius 3 is 2.48 bits per heavy atom. The van der Waals surface area contributed by atoms with Crippen LogP contribution < -0.4 is 0 Å². The molecule has 0 aliphatic rings. The molecule has 0 spiro atoms. The second-order valence-electron chi connectivity index (χ2n) is 5.49. The molecule has 0 aliphatic carbocycles. The lowest BCUT2D eigenvalue weighted by molar-refractivity contribution is -0.137. The smallest absolute Gasteiger partial charge is 0.416 e. The summed E-state index contributed by atoms with van der Waals surface area (Å²) in [5.74, 6) is 0.716. The molecule has 0 unspecified atom stereocenters. The zero-order valence-corrected chi connectivity index (χ0v) is 13.7. The molecule has 0 fully saturated rings. The van der Waals surface area contributed by atoms with Gasteiger partial charge >= 0.3 is 6.18 Å². The van der Waals surface area contributed by atoms with E-state index < -0.39 is 11.7 Å². The first-order chi connectivity index (χ1) is 11.8. The van der Waals surface area contributed by atoms with Crippen LogP contribution in [0.15, 0.2) is 48.5 Å². The highest BCUT2D eigenvalue weighted by atomic mass is 32.1. The number of nitrogens with one attached hydrogen (secondary N) is 1. The summed E-state index contributed by atoms with van der Waals surface area (Å²) >= 11 is 5.17. The average Bonchev–Trinajstić information content (AvgIpc) is 2.94. The van der Waals surface area contributed by atoms with Gasteiger partial charge in [0.25, 0.3) is 0 Å². The second-order valence-corrected chi connectivity index (χ2v) is 5.88. The quantitative estimate of drug-likeness (QED) is 0.672. The Hall–Kier alpha value is -2.61. The van der Waals surface area contributed by atoms with E-state index in [9.17, 15) is 18.3 Å². The van der Waals surface area contributed by atoms with Crippen molar-refractivity contribution in [3.05, 3.63) is 70.3 Å². The van der Waals surface area contributed by atoms with E-state index in [1.807, 2.05) is 0 Å². The van der Waals surface area contributed by atoms with E-state index in [2.05, 4.69) is 10.2 Å². The van der Waals surface area contributed by atoms with Crippen molar-refractivity contribution in [2.45, 2.75) is 19.0 Å². The van der Waals surface area contributed by atoms with Crippen LogP contribution in [0.3, 0.4) is 0 Å². The Morgan fingerprint density at radius 2 is 1.80 bits per heavy atom. The summed E-state index contributed by atoms with van der Waals surface area (Å²) in [7, 11) is 0. The van der Waals surface area contributed by atoms with Crippen molar-refractivity contribution in [1.82, 2.24) is 14.8 Å². The van der Waals surface area contributed by atoms with Crippen molar-refractivity contribution in [1.29, 1.82) is 0 Å². The number of aryl methyl sites for hydroxylation is 2. The van der Waals surface area contributed by atoms with Crippen LogP contribution in [0.1, 0.15) is 17.0 Å². The molecule has 25 heavy (non-hydrogen) atoms. The number of alkyl halides is 3. The van der Waals surface area contributed by atoms with Gasteiger partial charge in [-0.2, -0.15) is 18.3 Å². The maximum atomic E-state index is 12.9. The Kier molecular flexibility index (Phi) is 4.63. The number of aromatic nitrogens is 3. The van der Waals surface area contributed by atoms with Crippen LogP contribution in [0.25, 0.3) is 5.69 Å². The molecule has 2 N–H and O–H groups in total. The number of phenols is 1. The molecule has 8 heteroatoms. The van der Waals surface area contributed by atoms with Gasteiger partial charge in [-0.25, -0.2) is 0 Å². The molecular formula is C17H14F3N3OS. The van der Waals surface area contributed by atoms with Crippen molar-refractivity contribution >= 4 is 12.2 Å². The van der Waals surface area contributed by atoms with E-state index in [0.29, 0.717) is 24.4 Å². The normalized spacial score (nSPS) is 11.6. The minimum Gasteiger partial charge on any atom is -0.508 e. The first-order valence-electron chi connectivity index (χ1n) is 7.46. The molecule has 0 amide bonds. The summed E-state index contributed by atoms with van der Waals surface area (Å²) in [6.45, 7) is 0. The van der Waals surface area contributed by atoms with Gasteiger partial charge in [-0.3, -0.25) is 9.67 Å². The number of aromatic amines is 1. The monoisotopic (exact) mass is 365 g/mol. The van der Waals surface area contributed by atoms with Gasteiger partial charge in [0.15, 0.2) is 4.77 Å². The molecule has 130 valence electrons. The van der Waals surface area contributed by atoms with Crippen molar-refractivity contribution in [3.8, 4) is 11.4 Å². The maximum Gasteiger partial charge on any atom is 0.416 e. The van der Waals surface area contributed by atoms with Gasteiger partial charge < -0.3 is 5.11 Å². The summed E-state index contributed by atoms with van der Waals surface area (Å²) < 4.78 is 40.5. The molecule has 4 nitrogen and oxygen atoms in total. The molecule has 0 atom stereocenters. The van der Waals surface area contributed by atoms with Crippen molar-refractivity contribution in [2.75, 3.05) is 0 Å². The number of H-pyrrole nitrogens is 1. The van der Waals surface area contributed by atoms with Crippen LogP contribution in [0.2, 0.25) is 0 Å². The third-order valence-electron chi connectivity index (χ3n) is 3.75. The Balaban J connectivity index is 1.89. The minimum atomic E-state index is -4.42. The third kappa shape index (κ3) is 3.90. The van der Waals surface area contributed by atoms with Gasteiger partial charge in [0, 0.05) is 6.42 Å². The molecule has 0 saturated heterocycles. The SMILES string of the molecule is Oc1ccc(CCc2n[nH]c(=S)n2-c2cccc(C(F)(F)F)c2)cc1. The molecule has 1 heterocycles. The minimum absolute atomic E-state index is 0.176. The van der Waals surface area contributed by atoms with Crippen LogP contribution in [-0.4, -0.2) is 19.9 Å².